The third kappa shape index (κ3) is 4.65. The molecule has 0 N–H and O–H groups in total. The fourth-order valence-electron chi connectivity index (χ4n) is 1.61. The lowest BCUT2D eigenvalue weighted by atomic mass is 10.0. The van der Waals surface area contributed by atoms with Gasteiger partial charge in [0.05, 0.1) is 13.0 Å². The van der Waals surface area contributed by atoms with Gasteiger partial charge in [-0.3, -0.25) is 9.59 Å². The highest BCUT2D eigenvalue weighted by molar-refractivity contribution is 5.84. The number of rotatable bonds is 6. The van der Waals surface area contributed by atoms with Crippen molar-refractivity contribution >= 4 is 11.8 Å². The first-order chi connectivity index (χ1) is 8.52. The minimum atomic E-state index is -0.360. The molecule has 1 aromatic carbocycles. The van der Waals surface area contributed by atoms with Crippen molar-refractivity contribution in [3.05, 3.63) is 35.1 Å². The predicted octanol–water partition coefficient (Wildman–Crippen LogP) is 2.59. The third-order valence-electron chi connectivity index (χ3n) is 2.54. The highest BCUT2D eigenvalue weighted by Gasteiger charge is 2.09. The smallest absolute Gasteiger partial charge is 0.306 e. The Bertz CT molecular complexity index is 441. The van der Waals surface area contributed by atoms with Gasteiger partial charge in [0.15, 0.2) is 0 Å². The van der Waals surface area contributed by atoms with E-state index in [1.165, 1.54) is 6.07 Å². The van der Waals surface area contributed by atoms with E-state index in [-0.39, 0.29) is 36.8 Å². The van der Waals surface area contributed by atoms with Gasteiger partial charge in [-0.15, -0.1) is 0 Å². The van der Waals surface area contributed by atoms with Crippen molar-refractivity contribution in [3.63, 3.8) is 0 Å². The van der Waals surface area contributed by atoms with Crippen LogP contribution >= 0.6 is 0 Å². The van der Waals surface area contributed by atoms with Crippen LogP contribution in [0.5, 0.6) is 0 Å². The van der Waals surface area contributed by atoms with Gasteiger partial charge in [0.25, 0.3) is 0 Å². The first-order valence-electron chi connectivity index (χ1n) is 5.95. The molecule has 0 aliphatic carbocycles. The van der Waals surface area contributed by atoms with Crippen LogP contribution in [0.2, 0.25) is 0 Å². The zero-order valence-corrected chi connectivity index (χ0v) is 10.7. The Morgan fingerprint density at radius 1 is 1.28 bits per heavy atom. The molecule has 0 amide bonds. The number of benzene rings is 1. The van der Waals surface area contributed by atoms with Crippen molar-refractivity contribution in [2.75, 3.05) is 6.61 Å². The summed E-state index contributed by atoms with van der Waals surface area (Å²) in [5.41, 5.74) is 1.29. The largest absolute Gasteiger partial charge is 0.466 e. The molecule has 3 nitrogen and oxygen atoms in total. The number of carbonyl (C=O) groups is 2. The monoisotopic (exact) mass is 252 g/mol. The Kier molecular flexibility index (Phi) is 5.49. The molecule has 0 radical (unpaired) electrons. The quantitative estimate of drug-likeness (QED) is 0.731. The summed E-state index contributed by atoms with van der Waals surface area (Å²) in [4.78, 5) is 22.7. The van der Waals surface area contributed by atoms with Crippen LogP contribution < -0.4 is 0 Å². The Hall–Kier alpha value is -1.71. The molecule has 1 rings (SSSR count). The van der Waals surface area contributed by atoms with Gasteiger partial charge in [0.1, 0.15) is 11.6 Å². The molecule has 0 aromatic heterocycles. The van der Waals surface area contributed by atoms with Crippen molar-refractivity contribution in [2.24, 2.45) is 0 Å². The highest BCUT2D eigenvalue weighted by atomic mass is 19.1. The summed E-state index contributed by atoms with van der Waals surface area (Å²) >= 11 is 0. The molecule has 18 heavy (non-hydrogen) atoms. The second kappa shape index (κ2) is 6.89. The maximum absolute atomic E-state index is 13.0. The van der Waals surface area contributed by atoms with Gasteiger partial charge in [0.2, 0.25) is 0 Å². The number of halogens is 1. The SMILES string of the molecule is CCOC(=O)CCC(=O)Cc1ccc(F)c(C)c1. The zero-order valence-electron chi connectivity index (χ0n) is 10.7. The Morgan fingerprint density at radius 2 is 2.00 bits per heavy atom. The highest BCUT2D eigenvalue weighted by Crippen LogP contribution is 2.11. The van der Waals surface area contributed by atoms with Crippen LogP contribution in [-0.4, -0.2) is 18.4 Å². The van der Waals surface area contributed by atoms with Crippen molar-refractivity contribution in [3.8, 4) is 0 Å². The minimum Gasteiger partial charge on any atom is -0.466 e. The average Bonchev–Trinajstić information content (AvgIpc) is 2.32. The van der Waals surface area contributed by atoms with Crippen LogP contribution in [0.15, 0.2) is 18.2 Å². The fourth-order valence-corrected chi connectivity index (χ4v) is 1.61. The van der Waals surface area contributed by atoms with Crippen LogP contribution in [-0.2, 0) is 20.7 Å². The Balaban J connectivity index is 2.44. The lowest BCUT2D eigenvalue weighted by Crippen LogP contribution is -2.09. The molecule has 0 aliphatic rings. The number of Topliss-reactive ketones (excluding diaryl/α,β-unsaturated/α-hetero) is 1. The number of hydrogen-bond donors (Lipinski definition) is 0. The number of carbonyl (C=O) groups excluding carboxylic acids is 2. The molecular weight excluding hydrogens is 235 g/mol. The average molecular weight is 252 g/mol. The van der Waals surface area contributed by atoms with Crippen LogP contribution in [0.4, 0.5) is 4.39 Å². The molecule has 0 aliphatic heterocycles. The molecule has 0 spiro atoms. The third-order valence-corrected chi connectivity index (χ3v) is 2.54. The van der Waals surface area contributed by atoms with E-state index in [0.717, 1.165) is 5.56 Å². The fraction of sp³-hybridized carbons (Fsp3) is 0.429. The van der Waals surface area contributed by atoms with Gasteiger partial charge in [-0.1, -0.05) is 12.1 Å². The van der Waals surface area contributed by atoms with E-state index in [0.29, 0.717) is 12.2 Å². The first kappa shape index (κ1) is 14.4. The summed E-state index contributed by atoms with van der Waals surface area (Å²) in [5, 5.41) is 0. The van der Waals surface area contributed by atoms with Crippen molar-refractivity contribution in [2.45, 2.75) is 33.1 Å². The molecule has 4 heteroatoms. The number of ether oxygens (including phenoxy) is 1. The standard InChI is InChI=1S/C14H17FO3/c1-3-18-14(17)7-5-12(16)9-11-4-6-13(15)10(2)8-11/h4,6,8H,3,5,7,9H2,1-2H3. The Labute approximate surface area is 106 Å². The maximum atomic E-state index is 13.0. The second-order valence-electron chi connectivity index (χ2n) is 4.10. The summed E-state index contributed by atoms with van der Waals surface area (Å²) < 4.78 is 17.8. The molecule has 0 saturated heterocycles. The summed E-state index contributed by atoms with van der Waals surface area (Å²) in [6.45, 7) is 3.70. The lowest BCUT2D eigenvalue weighted by molar-refractivity contribution is -0.144. The van der Waals surface area contributed by atoms with Crippen molar-refractivity contribution in [1.82, 2.24) is 0 Å². The molecule has 98 valence electrons. The minimum absolute atomic E-state index is 0.0472. The molecule has 0 fully saturated rings. The van der Waals surface area contributed by atoms with E-state index in [9.17, 15) is 14.0 Å². The van der Waals surface area contributed by atoms with Gasteiger partial charge < -0.3 is 4.74 Å². The van der Waals surface area contributed by atoms with Crippen LogP contribution in [0.3, 0.4) is 0 Å². The number of esters is 1. The first-order valence-corrected chi connectivity index (χ1v) is 5.95. The van der Waals surface area contributed by atoms with E-state index >= 15 is 0 Å². The van der Waals surface area contributed by atoms with Gasteiger partial charge in [0, 0.05) is 12.8 Å². The number of aryl methyl sites for hydroxylation is 1. The van der Waals surface area contributed by atoms with Gasteiger partial charge in [-0.2, -0.15) is 0 Å². The van der Waals surface area contributed by atoms with E-state index in [1.54, 1.807) is 26.0 Å². The van der Waals surface area contributed by atoms with E-state index < -0.39 is 0 Å². The number of hydrogen-bond acceptors (Lipinski definition) is 3. The molecule has 1 aromatic rings. The topological polar surface area (TPSA) is 43.4 Å². The molecular formula is C14H17FO3. The predicted molar refractivity (Wildman–Crippen MR) is 65.7 cm³/mol. The molecule has 0 bridgehead atoms. The summed E-state index contributed by atoms with van der Waals surface area (Å²) in [5.74, 6) is -0.687. The van der Waals surface area contributed by atoms with E-state index in [4.69, 9.17) is 4.74 Å². The summed E-state index contributed by atoms with van der Waals surface area (Å²) in [6.07, 6.45) is 0.489. The zero-order chi connectivity index (χ0) is 13.5. The lowest BCUT2D eigenvalue weighted by Gasteiger charge is -2.04. The van der Waals surface area contributed by atoms with Gasteiger partial charge in [-0.05, 0) is 31.0 Å². The van der Waals surface area contributed by atoms with E-state index in [1.807, 2.05) is 0 Å². The van der Waals surface area contributed by atoms with Crippen LogP contribution in [0.25, 0.3) is 0 Å². The van der Waals surface area contributed by atoms with Crippen LogP contribution in [0.1, 0.15) is 30.9 Å². The summed E-state index contributed by atoms with van der Waals surface area (Å²) in [6, 6.07) is 4.59. The maximum Gasteiger partial charge on any atom is 0.306 e. The van der Waals surface area contributed by atoms with Gasteiger partial charge in [-0.25, -0.2) is 4.39 Å². The molecule has 0 unspecified atom stereocenters. The molecule has 0 saturated carbocycles. The summed E-state index contributed by atoms with van der Waals surface area (Å²) in [7, 11) is 0. The van der Waals surface area contributed by atoms with Crippen molar-refractivity contribution < 1.29 is 18.7 Å². The van der Waals surface area contributed by atoms with Crippen LogP contribution in [0, 0.1) is 12.7 Å². The number of ketones is 1. The Morgan fingerprint density at radius 3 is 2.61 bits per heavy atom. The second-order valence-corrected chi connectivity index (χ2v) is 4.10. The van der Waals surface area contributed by atoms with Gasteiger partial charge >= 0.3 is 5.97 Å². The van der Waals surface area contributed by atoms with Crippen molar-refractivity contribution in [1.29, 1.82) is 0 Å². The molecule has 0 heterocycles. The van der Waals surface area contributed by atoms with E-state index in [2.05, 4.69) is 0 Å². The normalized spacial score (nSPS) is 10.2. The molecule has 0 atom stereocenters.